The molecule has 0 amide bonds. The zero-order valence-corrected chi connectivity index (χ0v) is 13.2. The smallest absolute Gasteiger partial charge is 0.0883 e. The minimum absolute atomic E-state index is 0.128. The van der Waals surface area contributed by atoms with E-state index in [2.05, 4.69) is 19.3 Å². The Hall–Kier alpha value is -0.320. The molecule has 1 atom stereocenters. The van der Waals surface area contributed by atoms with Crippen molar-refractivity contribution in [1.29, 1.82) is 0 Å². The second kappa shape index (κ2) is 7.46. The van der Waals surface area contributed by atoms with Gasteiger partial charge in [-0.25, -0.2) is 0 Å². The molecule has 0 fully saturated rings. The molecule has 0 aliphatic rings. The van der Waals surface area contributed by atoms with Crippen molar-refractivity contribution in [2.75, 3.05) is 6.61 Å². The van der Waals surface area contributed by atoms with Gasteiger partial charge in [-0.2, -0.15) is 0 Å². The van der Waals surface area contributed by atoms with Gasteiger partial charge < -0.3 is 4.74 Å². The van der Waals surface area contributed by atoms with Gasteiger partial charge in [0.1, 0.15) is 0 Å². The van der Waals surface area contributed by atoms with E-state index in [0.717, 1.165) is 18.4 Å². The van der Waals surface area contributed by atoms with Crippen molar-refractivity contribution < 1.29 is 4.74 Å². The summed E-state index contributed by atoms with van der Waals surface area (Å²) in [7, 11) is 0. The van der Waals surface area contributed by atoms with Gasteiger partial charge in [0.05, 0.1) is 21.7 Å². The van der Waals surface area contributed by atoms with Crippen molar-refractivity contribution in [1.82, 2.24) is 5.43 Å². The minimum atomic E-state index is -0.347. The second-order valence-corrected chi connectivity index (χ2v) is 5.29. The molecular formula is C14H22Cl2N2O. The number of ether oxygens (including phenoxy) is 1. The summed E-state index contributed by atoms with van der Waals surface area (Å²) in [5, 5.41) is 1.06. The lowest BCUT2D eigenvalue weighted by molar-refractivity contribution is -0.0734. The zero-order chi connectivity index (χ0) is 14.5. The summed E-state index contributed by atoms with van der Waals surface area (Å²) in [6.07, 6.45) is 1.71. The van der Waals surface area contributed by atoms with Crippen LogP contribution < -0.4 is 11.3 Å². The third-order valence-electron chi connectivity index (χ3n) is 3.60. The molecule has 0 aromatic heterocycles. The minimum Gasteiger partial charge on any atom is -0.373 e. The van der Waals surface area contributed by atoms with Crippen molar-refractivity contribution in [2.24, 2.45) is 5.84 Å². The molecule has 1 unspecified atom stereocenters. The predicted octanol–water partition coefficient (Wildman–Crippen LogP) is 4.09. The number of nitrogens with one attached hydrogen (secondary N) is 1. The summed E-state index contributed by atoms with van der Waals surface area (Å²) in [5.41, 5.74) is 3.50. The van der Waals surface area contributed by atoms with E-state index < -0.39 is 0 Å². The Morgan fingerprint density at radius 2 is 1.84 bits per heavy atom. The van der Waals surface area contributed by atoms with Crippen LogP contribution in [0.3, 0.4) is 0 Å². The van der Waals surface area contributed by atoms with Crippen LogP contribution in [0, 0.1) is 0 Å². The Labute approximate surface area is 125 Å². The largest absolute Gasteiger partial charge is 0.373 e. The average molecular weight is 305 g/mol. The van der Waals surface area contributed by atoms with Gasteiger partial charge >= 0.3 is 0 Å². The lowest BCUT2D eigenvalue weighted by Crippen LogP contribution is -2.48. The van der Waals surface area contributed by atoms with Gasteiger partial charge in [0.2, 0.25) is 0 Å². The first-order chi connectivity index (χ1) is 9.04. The number of nitrogens with two attached hydrogens (primary N) is 1. The molecule has 1 rings (SSSR count). The molecular weight excluding hydrogens is 283 g/mol. The molecule has 3 nitrogen and oxygen atoms in total. The molecule has 1 aromatic carbocycles. The van der Waals surface area contributed by atoms with Crippen LogP contribution in [0.15, 0.2) is 18.2 Å². The van der Waals surface area contributed by atoms with Crippen LogP contribution in [-0.2, 0) is 4.74 Å². The van der Waals surface area contributed by atoms with E-state index in [4.69, 9.17) is 33.8 Å². The highest BCUT2D eigenvalue weighted by molar-refractivity contribution is 6.42. The second-order valence-electron chi connectivity index (χ2n) is 4.48. The van der Waals surface area contributed by atoms with E-state index in [0.29, 0.717) is 16.7 Å². The maximum absolute atomic E-state index is 6.09. The average Bonchev–Trinajstić information content (AvgIpc) is 2.42. The first-order valence-corrected chi connectivity index (χ1v) is 7.35. The molecule has 108 valence electrons. The van der Waals surface area contributed by atoms with Crippen molar-refractivity contribution in [3.63, 3.8) is 0 Å². The SMILES string of the molecule is CCOC(CC)(CC)C(NN)c1ccc(Cl)c(Cl)c1. The summed E-state index contributed by atoms with van der Waals surface area (Å²) in [4.78, 5) is 0. The highest BCUT2D eigenvalue weighted by Gasteiger charge is 2.37. The summed E-state index contributed by atoms with van der Waals surface area (Å²) in [6.45, 7) is 6.83. The van der Waals surface area contributed by atoms with Gasteiger partial charge in [0.25, 0.3) is 0 Å². The van der Waals surface area contributed by atoms with E-state index in [1.807, 2.05) is 19.1 Å². The van der Waals surface area contributed by atoms with Gasteiger partial charge in [0, 0.05) is 6.61 Å². The van der Waals surface area contributed by atoms with Crippen molar-refractivity contribution in [2.45, 2.75) is 45.3 Å². The summed E-state index contributed by atoms with van der Waals surface area (Å²) < 4.78 is 5.99. The fraction of sp³-hybridized carbons (Fsp3) is 0.571. The monoisotopic (exact) mass is 304 g/mol. The Kier molecular flexibility index (Phi) is 6.57. The summed E-state index contributed by atoms with van der Waals surface area (Å²) >= 11 is 12.0. The fourth-order valence-electron chi connectivity index (χ4n) is 2.48. The van der Waals surface area contributed by atoms with E-state index in [-0.39, 0.29) is 11.6 Å². The number of hydrazine groups is 1. The quantitative estimate of drug-likeness (QED) is 0.589. The van der Waals surface area contributed by atoms with Gasteiger partial charge in [-0.05, 0) is 37.5 Å². The third kappa shape index (κ3) is 3.61. The molecule has 0 bridgehead atoms. The molecule has 0 saturated carbocycles. The van der Waals surface area contributed by atoms with Gasteiger partial charge in [-0.1, -0.05) is 43.1 Å². The molecule has 3 N–H and O–H groups in total. The first-order valence-electron chi connectivity index (χ1n) is 6.59. The maximum Gasteiger partial charge on any atom is 0.0883 e. The number of halogens is 2. The normalized spacial score (nSPS) is 13.6. The highest BCUT2D eigenvalue weighted by Crippen LogP contribution is 2.36. The molecule has 1 aromatic rings. The lowest BCUT2D eigenvalue weighted by Gasteiger charge is -2.39. The lowest BCUT2D eigenvalue weighted by atomic mass is 9.84. The molecule has 5 heteroatoms. The highest BCUT2D eigenvalue weighted by atomic mass is 35.5. The molecule has 0 aliphatic heterocycles. The number of hydrogen-bond acceptors (Lipinski definition) is 3. The molecule has 0 radical (unpaired) electrons. The Morgan fingerprint density at radius 3 is 2.26 bits per heavy atom. The Bertz CT molecular complexity index is 408. The van der Waals surface area contributed by atoms with Crippen molar-refractivity contribution >= 4 is 23.2 Å². The van der Waals surface area contributed by atoms with E-state index in [9.17, 15) is 0 Å². The molecule has 0 saturated heterocycles. The van der Waals surface area contributed by atoms with Crippen LogP contribution >= 0.6 is 23.2 Å². The van der Waals surface area contributed by atoms with Gasteiger partial charge in [-0.15, -0.1) is 0 Å². The molecule has 19 heavy (non-hydrogen) atoms. The third-order valence-corrected chi connectivity index (χ3v) is 4.34. The maximum atomic E-state index is 6.09. The van der Waals surface area contributed by atoms with Gasteiger partial charge in [-0.3, -0.25) is 11.3 Å². The zero-order valence-electron chi connectivity index (χ0n) is 11.7. The van der Waals surface area contributed by atoms with Crippen LogP contribution in [0.1, 0.15) is 45.2 Å². The Morgan fingerprint density at radius 1 is 1.21 bits per heavy atom. The van der Waals surface area contributed by atoms with E-state index in [1.165, 1.54) is 0 Å². The number of benzene rings is 1. The molecule has 0 spiro atoms. The first kappa shape index (κ1) is 16.7. The van der Waals surface area contributed by atoms with Crippen LogP contribution in [0.25, 0.3) is 0 Å². The van der Waals surface area contributed by atoms with Crippen LogP contribution in [0.4, 0.5) is 0 Å². The standard InChI is InChI=1S/C14H22Cl2N2O/c1-4-14(5-2,19-6-3)13(18-17)10-7-8-11(15)12(16)9-10/h7-9,13,18H,4-6,17H2,1-3H3. The van der Waals surface area contributed by atoms with E-state index >= 15 is 0 Å². The van der Waals surface area contributed by atoms with Crippen molar-refractivity contribution in [3.05, 3.63) is 33.8 Å². The van der Waals surface area contributed by atoms with Gasteiger partial charge in [0.15, 0.2) is 0 Å². The number of hydrogen-bond donors (Lipinski definition) is 2. The van der Waals surface area contributed by atoms with Crippen molar-refractivity contribution in [3.8, 4) is 0 Å². The van der Waals surface area contributed by atoms with Crippen LogP contribution in [0.2, 0.25) is 10.0 Å². The summed E-state index contributed by atoms with van der Waals surface area (Å²) in [6, 6.07) is 5.42. The summed E-state index contributed by atoms with van der Waals surface area (Å²) in [5.74, 6) is 5.75. The van der Waals surface area contributed by atoms with Crippen LogP contribution in [-0.4, -0.2) is 12.2 Å². The number of rotatable bonds is 7. The predicted molar refractivity (Wildman–Crippen MR) is 81.5 cm³/mol. The molecule has 0 heterocycles. The molecule has 0 aliphatic carbocycles. The van der Waals surface area contributed by atoms with E-state index in [1.54, 1.807) is 6.07 Å². The fourth-order valence-corrected chi connectivity index (χ4v) is 2.78. The topological polar surface area (TPSA) is 47.3 Å². The Balaban J connectivity index is 3.18. The van der Waals surface area contributed by atoms with Crippen LogP contribution in [0.5, 0.6) is 0 Å².